The van der Waals surface area contributed by atoms with E-state index in [1.807, 2.05) is 4.90 Å². The maximum atomic E-state index is 10.7. The van der Waals surface area contributed by atoms with E-state index in [9.17, 15) is 4.79 Å². The summed E-state index contributed by atoms with van der Waals surface area (Å²) in [6, 6.07) is 1.81. The van der Waals surface area contributed by atoms with Crippen LogP contribution in [0.25, 0.3) is 0 Å². The van der Waals surface area contributed by atoms with Crippen LogP contribution < -0.4 is 0 Å². The van der Waals surface area contributed by atoms with Gasteiger partial charge in [-0.25, -0.2) is 9.97 Å². The fraction of sp³-hybridized carbons (Fsp3) is 0.583. The summed E-state index contributed by atoms with van der Waals surface area (Å²) in [6.07, 6.45) is 4.48. The van der Waals surface area contributed by atoms with Gasteiger partial charge in [0, 0.05) is 32.0 Å². The number of hydrogen-bond donors (Lipinski definition) is 1. The van der Waals surface area contributed by atoms with Crippen LogP contribution in [0.3, 0.4) is 0 Å². The van der Waals surface area contributed by atoms with E-state index in [0.717, 1.165) is 45.0 Å². The molecule has 1 saturated heterocycles. The average molecular weight is 250 g/mol. The fourth-order valence-electron chi connectivity index (χ4n) is 2.14. The van der Waals surface area contributed by atoms with Gasteiger partial charge < -0.3 is 5.11 Å². The minimum atomic E-state index is -0.755. The second-order valence-electron chi connectivity index (χ2n) is 4.46. The van der Waals surface area contributed by atoms with Gasteiger partial charge in [0.05, 0.1) is 13.1 Å². The normalized spacial score (nSPS) is 18.4. The standard InChI is InChI=1S/C12H18N4O2/c17-12(18)10-16-6-2-5-15(7-8-16)9-11-13-3-1-4-14-11/h1,3-4H,2,5-10H2,(H,17,18). The summed E-state index contributed by atoms with van der Waals surface area (Å²) in [5.41, 5.74) is 0. The summed E-state index contributed by atoms with van der Waals surface area (Å²) in [5, 5.41) is 8.78. The van der Waals surface area contributed by atoms with Crippen LogP contribution in [-0.2, 0) is 11.3 Å². The van der Waals surface area contributed by atoms with Crippen LogP contribution in [0.4, 0.5) is 0 Å². The number of hydrogen-bond acceptors (Lipinski definition) is 5. The molecule has 0 bridgehead atoms. The minimum absolute atomic E-state index is 0.135. The largest absolute Gasteiger partial charge is 0.480 e. The van der Waals surface area contributed by atoms with Crippen molar-refractivity contribution in [3.8, 4) is 0 Å². The van der Waals surface area contributed by atoms with Crippen molar-refractivity contribution in [3.05, 3.63) is 24.3 Å². The van der Waals surface area contributed by atoms with Gasteiger partial charge in [0.1, 0.15) is 5.82 Å². The molecule has 0 saturated carbocycles. The van der Waals surface area contributed by atoms with Crippen LogP contribution in [0.2, 0.25) is 0 Å². The van der Waals surface area contributed by atoms with Crippen LogP contribution in [0.15, 0.2) is 18.5 Å². The van der Waals surface area contributed by atoms with Crippen molar-refractivity contribution in [3.63, 3.8) is 0 Å². The first-order chi connectivity index (χ1) is 8.74. The highest BCUT2D eigenvalue weighted by Crippen LogP contribution is 2.05. The molecule has 1 aromatic rings. The van der Waals surface area contributed by atoms with Gasteiger partial charge in [0.2, 0.25) is 0 Å². The van der Waals surface area contributed by atoms with E-state index in [0.29, 0.717) is 0 Å². The second-order valence-corrected chi connectivity index (χ2v) is 4.46. The lowest BCUT2D eigenvalue weighted by atomic mass is 10.3. The van der Waals surface area contributed by atoms with E-state index in [4.69, 9.17) is 5.11 Å². The Morgan fingerprint density at radius 2 is 1.83 bits per heavy atom. The summed E-state index contributed by atoms with van der Waals surface area (Å²) < 4.78 is 0. The monoisotopic (exact) mass is 250 g/mol. The molecule has 0 unspecified atom stereocenters. The zero-order chi connectivity index (χ0) is 12.8. The smallest absolute Gasteiger partial charge is 0.317 e. The summed E-state index contributed by atoms with van der Waals surface area (Å²) in [7, 11) is 0. The van der Waals surface area contributed by atoms with E-state index in [1.54, 1.807) is 18.5 Å². The molecule has 2 rings (SSSR count). The molecule has 1 N–H and O–H groups in total. The van der Waals surface area contributed by atoms with Gasteiger partial charge >= 0.3 is 5.97 Å². The molecule has 0 atom stereocenters. The van der Waals surface area contributed by atoms with Crippen molar-refractivity contribution < 1.29 is 9.90 Å². The van der Waals surface area contributed by atoms with Crippen LogP contribution in [0, 0.1) is 0 Å². The van der Waals surface area contributed by atoms with Crippen molar-refractivity contribution in [1.29, 1.82) is 0 Å². The van der Waals surface area contributed by atoms with Gasteiger partial charge in [-0.1, -0.05) is 0 Å². The third-order valence-corrected chi connectivity index (χ3v) is 3.02. The molecule has 1 aliphatic rings. The quantitative estimate of drug-likeness (QED) is 0.815. The van der Waals surface area contributed by atoms with E-state index >= 15 is 0 Å². The summed E-state index contributed by atoms with van der Waals surface area (Å²) in [6.45, 7) is 4.34. The molecule has 1 aromatic heterocycles. The Kier molecular flexibility index (Phi) is 4.60. The van der Waals surface area contributed by atoms with Gasteiger partial charge in [-0.05, 0) is 19.0 Å². The number of aliphatic carboxylic acids is 1. The molecule has 98 valence electrons. The number of aromatic nitrogens is 2. The van der Waals surface area contributed by atoms with E-state index in [-0.39, 0.29) is 6.54 Å². The maximum absolute atomic E-state index is 10.7. The molecule has 0 radical (unpaired) electrons. The van der Waals surface area contributed by atoms with Gasteiger partial charge in [-0.15, -0.1) is 0 Å². The molecule has 6 heteroatoms. The first kappa shape index (κ1) is 12.9. The topological polar surface area (TPSA) is 69.6 Å². The van der Waals surface area contributed by atoms with E-state index in [1.165, 1.54) is 0 Å². The highest BCUT2D eigenvalue weighted by Gasteiger charge is 2.17. The SMILES string of the molecule is O=C(O)CN1CCCN(Cc2ncccn2)CC1. The van der Waals surface area contributed by atoms with Gasteiger partial charge in [0.15, 0.2) is 0 Å². The van der Waals surface area contributed by atoms with Crippen LogP contribution in [0.1, 0.15) is 12.2 Å². The highest BCUT2D eigenvalue weighted by atomic mass is 16.4. The predicted molar refractivity (Wildman–Crippen MR) is 66.0 cm³/mol. The third kappa shape index (κ3) is 4.05. The van der Waals surface area contributed by atoms with Crippen LogP contribution in [0.5, 0.6) is 0 Å². The third-order valence-electron chi connectivity index (χ3n) is 3.02. The molecule has 0 aromatic carbocycles. The summed E-state index contributed by atoms with van der Waals surface area (Å²) in [4.78, 5) is 23.4. The van der Waals surface area contributed by atoms with Crippen molar-refractivity contribution in [2.24, 2.45) is 0 Å². The number of nitrogens with zero attached hydrogens (tertiary/aromatic N) is 4. The molecule has 1 fully saturated rings. The first-order valence-corrected chi connectivity index (χ1v) is 6.16. The van der Waals surface area contributed by atoms with Crippen molar-refractivity contribution in [2.45, 2.75) is 13.0 Å². The Morgan fingerprint density at radius 1 is 1.17 bits per heavy atom. The van der Waals surface area contributed by atoms with Crippen molar-refractivity contribution in [2.75, 3.05) is 32.7 Å². The van der Waals surface area contributed by atoms with Crippen LogP contribution in [-0.4, -0.2) is 63.6 Å². The predicted octanol–water partition coefficient (Wildman–Crippen LogP) is 0.0689. The highest BCUT2D eigenvalue weighted by molar-refractivity contribution is 5.69. The Hall–Kier alpha value is -1.53. The lowest BCUT2D eigenvalue weighted by molar-refractivity contribution is -0.138. The average Bonchev–Trinajstić information content (AvgIpc) is 2.56. The number of carbonyl (C=O) groups is 1. The first-order valence-electron chi connectivity index (χ1n) is 6.16. The molecule has 2 heterocycles. The summed E-state index contributed by atoms with van der Waals surface area (Å²) >= 11 is 0. The fourth-order valence-corrected chi connectivity index (χ4v) is 2.14. The Labute approximate surface area is 106 Å². The van der Waals surface area contributed by atoms with Crippen LogP contribution >= 0.6 is 0 Å². The van der Waals surface area contributed by atoms with E-state index in [2.05, 4.69) is 14.9 Å². The Balaban J connectivity index is 1.84. The van der Waals surface area contributed by atoms with E-state index < -0.39 is 5.97 Å². The number of carboxylic acid groups (broad SMARTS) is 1. The van der Waals surface area contributed by atoms with Crippen molar-refractivity contribution >= 4 is 5.97 Å². The molecule has 6 nitrogen and oxygen atoms in total. The zero-order valence-corrected chi connectivity index (χ0v) is 10.3. The van der Waals surface area contributed by atoms with Crippen molar-refractivity contribution in [1.82, 2.24) is 19.8 Å². The minimum Gasteiger partial charge on any atom is -0.480 e. The lowest BCUT2D eigenvalue weighted by Crippen LogP contribution is -2.34. The number of carboxylic acids is 1. The lowest BCUT2D eigenvalue weighted by Gasteiger charge is -2.19. The van der Waals surface area contributed by atoms with Gasteiger partial charge in [0.25, 0.3) is 0 Å². The molecule has 1 aliphatic heterocycles. The zero-order valence-electron chi connectivity index (χ0n) is 10.3. The Bertz CT molecular complexity index is 385. The second kappa shape index (κ2) is 6.42. The maximum Gasteiger partial charge on any atom is 0.317 e. The molecular weight excluding hydrogens is 232 g/mol. The molecule has 18 heavy (non-hydrogen) atoms. The van der Waals surface area contributed by atoms with Gasteiger partial charge in [-0.2, -0.15) is 0 Å². The van der Waals surface area contributed by atoms with Gasteiger partial charge in [-0.3, -0.25) is 14.6 Å². The molecule has 0 amide bonds. The Morgan fingerprint density at radius 3 is 2.56 bits per heavy atom. The molecule has 0 aliphatic carbocycles. The number of rotatable bonds is 4. The summed E-state index contributed by atoms with van der Waals surface area (Å²) in [5.74, 6) is 0.0685. The molecule has 0 spiro atoms. The molecular formula is C12H18N4O2.